The molecule has 0 aliphatic heterocycles. The van der Waals surface area contributed by atoms with Gasteiger partial charge in [-0.25, -0.2) is 18.0 Å². The average Bonchev–Trinajstić information content (AvgIpc) is 3.54. The van der Waals surface area contributed by atoms with Crippen LogP contribution in [0.2, 0.25) is 0 Å². The lowest BCUT2D eigenvalue weighted by Crippen LogP contribution is -2.50. The topological polar surface area (TPSA) is 195 Å². The Labute approximate surface area is 269 Å². The van der Waals surface area contributed by atoms with Gasteiger partial charge in [-0.05, 0) is 48.9 Å². The lowest BCUT2D eigenvalue weighted by atomic mass is 10.0. The number of rotatable bonds is 17. The summed E-state index contributed by atoms with van der Waals surface area (Å²) >= 11 is 0. The van der Waals surface area contributed by atoms with Crippen molar-refractivity contribution in [3.8, 4) is 0 Å². The van der Waals surface area contributed by atoms with Gasteiger partial charge < -0.3 is 30.7 Å². The van der Waals surface area contributed by atoms with Gasteiger partial charge in [0.05, 0.1) is 42.9 Å². The van der Waals surface area contributed by atoms with Crippen LogP contribution in [0.1, 0.15) is 45.1 Å². The maximum absolute atomic E-state index is 14.1. The standard InChI is InChI=1S/C31H44N4O10S/c1-22(2)21-44-31(41)34(20-29(38)32-15-16-36)24-11-8-14-26(18-24)46(42,43)35(45-25-12-6-7-13-25)19-28(37)27(33-30(39)40)17-23-9-4-3-5-10-23/h3-5,8-11,14,18,22,25,27-28,33,36-37H,6-7,12-13,15-17,19-21H2,1-2H3,(H,32,38)(H,39,40)/t27-,28+/m0/s1. The van der Waals surface area contributed by atoms with Gasteiger partial charge in [0.25, 0.3) is 10.0 Å². The van der Waals surface area contributed by atoms with Gasteiger partial charge in [0.1, 0.15) is 6.54 Å². The molecule has 1 aliphatic carbocycles. The SMILES string of the molecule is CC(C)COC(=O)N(CC(=O)NCCO)c1cccc(S(=O)(=O)N(C[C@@H](O)[C@H](Cc2ccccc2)NC(=O)O)OC2CCCC2)c1. The number of hydroxylamine groups is 1. The summed E-state index contributed by atoms with van der Waals surface area (Å²) in [6.45, 7) is 2.27. The van der Waals surface area contributed by atoms with Crippen LogP contribution >= 0.6 is 0 Å². The van der Waals surface area contributed by atoms with Gasteiger partial charge in [-0.15, -0.1) is 0 Å². The predicted molar refractivity (Wildman–Crippen MR) is 168 cm³/mol. The molecule has 1 fully saturated rings. The Morgan fingerprint density at radius 2 is 1.74 bits per heavy atom. The molecular weight excluding hydrogens is 620 g/mol. The fourth-order valence-electron chi connectivity index (χ4n) is 4.85. The van der Waals surface area contributed by atoms with E-state index in [0.717, 1.165) is 23.3 Å². The lowest BCUT2D eigenvalue weighted by molar-refractivity contribution is -0.145. The number of hydrogen-bond donors (Lipinski definition) is 5. The summed E-state index contributed by atoms with van der Waals surface area (Å²) in [4.78, 5) is 43.8. The van der Waals surface area contributed by atoms with Gasteiger partial charge in [-0.2, -0.15) is 0 Å². The second-order valence-corrected chi connectivity index (χ2v) is 13.3. The van der Waals surface area contributed by atoms with Crippen molar-refractivity contribution in [2.24, 2.45) is 5.92 Å². The maximum atomic E-state index is 14.1. The predicted octanol–water partition coefficient (Wildman–Crippen LogP) is 2.50. The molecule has 0 heterocycles. The van der Waals surface area contributed by atoms with Crippen molar-refractivity contribution in [2.75, 3.05) is 37.7 Å². The van der Waals surface area contributed by atoms with Gasteiger partial charge >= 0.3 is 12.2 Å². The number of ether oxygens (including phenoxy) is 1. The van der Waals surface area contributed by atoms with E-state index in [1.165, 1.54) is 24.3 Å². The lowest BCUT2D eigenvalue weighted by Gasteiger charge is -2.30. The highest BCUT2D eigenvalue weighted by Crippen LogP contribution is 2.28. The Morgan fingerprint density at radius 3 is 2.37 bits per heavy atom. The number of carbonyl (C=O) groups is 3. The van der Waals surface area contributed by atoms with Crippen LogP contribution in [-0.4, -0.2) is 97.4 Å². The van der Waals surface area contributed by atoms with Crippen molar-refractivity contribution in [1.29, 1.82) is 0 Å². The van der Waals surface area contributed by atoms with E-state index in [0.29, 0.717) is 17.3 Å². The molecule has 3 amide bonds. The number of aliphatic hydroxyl groups excluding tert-OH is 2. The smallest absolute Gasteiger partial charge is 0.414 e. The van der Waals surface area contributed by atoms with E-state index < -0.39 is 59.5 Å². The number of nitrogens with one attached hydrogen (secondary N) is 2. The van der Waals surface area contributed by atoms with Crippen LogP contribution in [0.4, 0.5) is 15.3 Å². The summed E-state index contributed by atoms with van der Waals surface area (Å²) in [7, 11) is -4.51. The molecular formula is C31H44N4O10S. The van der Waals surface area contributed by atoms with E-state index in [9.17, 15) is 33.0 Å². The van der Waals surface area contributed by atoms with E-state index in [4.69, 9.17) is 14.7 Å². The number of hydrogen-bond acceptors (Lipinski definition) is 9. The van der Waals surface area contributed by atoms with Gasteiger partial charge in [0, 0.05) is 12.2 Å². The highest BCUT2D eigenvalue weighted by atomic mass is 32.2. The molecule has 2 aromatic rings. The minimum atomic E-state index is -4.51. The molecule has 15 heteroatoms. The Morgan fingerprint density at radius 1 is 1.04 bits per heavy atom. The third kappa shape index (κ3) is 11.2. The molecule has 0 bridgehead atoms. The second kappa shape index (κ2) is 17.8. The zero-order chi connectivity index (χ0) is 33.7. The summed E-state index contributed by atoms with van der Waals surface area (Å²) in [6, 6.07) is 13.1. The maximum Gasteiger partial charge on any atom is 0.414 e. The van der Waals surface area contributed by atoms with Crippen LogP contribution in [0.5, 0.6) is 0 Å². The number of anilines is 1. The highest BCUT2D eigenvalue weighted by molar-refractivity contribution is 7.89. The van der Waals surface area contributed by atoms with Gasteiger partial charge in [-0.3, -0.25) is 14.5 Å². The van der Waals surface area contributed by atoms with Crippen LogP contribution < -0.4 is 15.5 Å². The molecule has 3 rings (SSSR count). The molecule has 0 aromatic heterocycles. The molecule has 46 heavy (non-hydrogen) atoms. The first-order chi connectivity index (χ1) is 21.9. The largest absolute Gasteiger partial charge is 0.465 e. The van der Waals surface area contributed by atoms with E-state index in [-0.39, 0.29) is 42.7 Å². The summed E-state index contributed by atoms with van der Waals surface area (Å²) in [5, 5.41) is 34.5. The molecule has 1 saturated carbocycles. The quantitative estimate of drug-likeness (QED) is 0.157. The van der Waals surface area contributed by atoms with Crippen LogP contribution in [0.3, 0.4) is 0 Å². The Kier molecular flexibility index (Phi) is 14.2. The Bertz CT molecular complexity index is 1390. The second-order valence-electron chi connectivity index (χ2n) is 11.4. The van der Waals surface area contributed by atoms with Crippen molar-refractivity contribution >= 4 is 33.8 Å². The Hall–Kier alpha value is -3.76. The summed E-state index contributed by atoms with van der Waals surface area (Å²) in [5.41, 5.74) is 0.774. The monoisotopic (exact) mass is 664 g/mol. The van der Waals surface area contributed by atoms with E-state index in [1.807, 2.05) is 13.8 Å². The minimum absolute atomic E-state index is 0.00483. The van der Waals surface area contributed by atoms with E-state index in [1.54, 1.807) is 30.3 Å². The molecule has 0 radical (unpaired) electrons. The molecule has 2 atom stereocenters. The number of carbonyl (C=O) groups excluding carboxylic acids is 2. The normalized spacial score (nSPS) is 15.0. The zero-order valence-electron chi connectivity index (χ0n) is 26.1. The van der Waals surface area contributed by atoms with Gasteiger partial charge in [0.2, 0.25) is 5.91 Å². The third-order valence-electron chi connectivity index (χ3n) is 7.17. The molecule has 0 unspecified atom stereocenters. The van der Waals surface area contributed by atoms with E-state index in [2.05, 4.69) is 10.6 Å². The van der Waals surface area contributed by atoms with Gasteiger partial charge in [0.15, 0.2) is 0 Å². The first-order valence-electron chi connectivity index (χ1n) is 15.2. The number of nitrogens with zero attached hydrogens (tertiary/aromatic N) is 2. The number of benzene rings is 2. The van der Waals surface area contributed by atoms with E-state index >= 15 is 0 Å². The van der Waals surface area contributed by atoms with Crippen molar-refractivity contribution in [3.05, 3.63) is 60.2 Å². The van der Waals surface area contributed by atoms with Crippen molar-refractivity contribution in [1.82, 2.24) is 15.1 Å². The fraction of sp³-hybridized carbons (Fsp3) is 0.516. The number of carboxylic acid groups (broad SMARTS) is 1. The Balaban J connectivity index is 1.94. The van der Waals surface area contributed by atoms with Crippen molar-refractivity contribution < 1.29 is 47.7 Å². The zero-order valence-corrected chi connectivity index (χ0v) is 26.9. The molecule has 254 valence electrons. The number of sulfonamides is 1. The molecule has 2 aromatic carbocycles. The average molecular weight is 665 g/mol. The third-order valence-corrected chi connectivity index (χ3v) is 8.79. The molecule has 0 spiro atoms. The first kappa shape index (κ1) is 36.7. The van der Waals surface area contributed by atoms with Crippen LogP contribution in [0, 0.1) is 5.92 Å². The van der Waals surface area contributed by atoms with Crippen LogP contribution in [0.15, 0.2) is 59.5 Å². The first-order valence-corrected chi connectivity index (χ1v) is 16.7. The van der Waals surface area contributed by atoms with Gasteiger partial charge in [-0.1, -0.05) is 67.6 Å². The van der Waals surface area contributed by atoms with Crippen molar-refractivity contribution in [3.63, 3.8) is 0 Å². The van der Waals surface area contributed by atoms with Crippen LogP contribution in [-0.2, 0) is 30.8 Å². The fourth-order valence-corrected chi connectivity index (χ4v) is 6.19. The molecule has 1 aliphatic rings. The van der Waals surface area contributed by atoms with Crippen LogP contribution in [0.25, 0.3) is 0 Å². The highest BCUT2D eigenvalue weighted by Gasteiger charge is 2.35. The molecule has 14 nitrogen and oxygen atoms in total. The number of amides is 3. The summed E-state index contributed by atoms with van der Waals surface area (Å²) in [6.07, 6.45) is -1.25. The summed E-state index contributed by atoms with van der Waals surface area (Å²) < 4.78 is 34.2. The number of aliphatic hydroxyl groups is 2. The van der Waals surface area contributed by atoms with Crippen molar-refractivity contribution in [2.45, 2.75) is 69.1 Å². The molecule has 0 saturated heterocycles. The summed E-state index contributed by atoms with van der Waals surface area (Å²) in [5.74, 6) is -0.608. The minimum Gasteiger partial charge on any atom is -0.465 e. The molecule has 5 N–H and O–H groups in total.